The van der Waals surface area contributed by atoms with Crippen LogP contribution in [0.15, 0.2) is 24.3 Å². The van der Waals surface area contributed by atoms with Crippen LogP contribution in [0.1, 0.15) is 46.1 Å². The highest BCUT2D eigenvalue weighted by atomic mass is 127. The predicted octanol–water partition coefficient (Wildman–Crippen LogP) is 4.41. The standard InChI is InChI=1S/C17H28INO/c1-5-17(6-2,20-8-4)16(19-7-3)13-14-9-11-15(18)12-10-14/h9-12,16,19H,5-8,13H2,1-4H3. The Morgan fingerprint density at radius 1 is 1.10 bits per heavy atom. The van der Waals surface area contributed by atoms with Gasteiger partial charge in [0.2, 0.25) is 0 Å². The number of likely N-dealkylation sites (N-methyl/N-ethyl adjacent to an activating group) is 1. The Morgan fingerprint density at radius 3 is 2.15 bits per heavy atom. The summed E-state index contributed by atoms with van der Waals surface area (Å²) in [5.74, 6) is 0. The van der Waals surface area contributed by atoms with Crippen LogP contribution < -0.4 is 5.32 Å². The van der Waals surface area contributed by atoms with Crippen LogP contribution in [0.25, 0.3) is 0 Å². The zero-order valence-electron chi connectivity index (χ0n) is 13.2. The van der Waals surface area contributed by atoms with Gasteiger partial charge in [0.15, 0.2) is 0 Å². The van der Waals surface area contributed by atoms with E-state index in [-0.39, 0.29) is 5.60 Å². The summed E-state index contributed by atoms with van der Waals surface area (Å²) in [7, 11) is 0. The summed E-state index contributed by atoms with van der Waals surface area (Å²) < 4.78 is 7.46. The van der Waals surface area contributed by atoms with E-state index in [4.69, 9.17) is 4.74 Å². The fraction of sp³-hybridized carbons (Fsp3) is 0.647. The van der Waals surface area contributed by atoms with Gasteiger partial charge in [-0.05, 0) is 73.0 Å². The minimum atomic E-state index is -0.0617. The minimum absolute atomic E-state index is 0.0617. The average molecular weight is 389 g/mol. The van der Waals surface area contributed by atoms with Gasteiger partial charge in [-0.3, -0.25) is 0 Å². The monoisotopic (exact) mass is 389 g/mol. The van der Waals surface area contributed by atoms with Gasteiger partial charge in [0.1, 0.15) is 0 Å². The first-order valence-corrected chi connectivity index (χ1v) is 8.81. The molecular weight excluding hydrogens is 361 g/mol. The van der Waals surface area contributed by atoms with Crippen LogP contribution >= 0.6 is 22.6 Å². The average Bonchev–Trinajstić information content (AvgIpc) is 2.47. The van der Waals surface area contributed by atoms with E-state index in [1.54, 1.807) is 0 Å². The molecule has 0 aromatic heterocycles. The van der Waals surface area contributed by atoms with Crippen LogP contribution in [0.4, 0.5) is 0 Å². The maximum absolute atomic E-state index is 6.17. The number of hydrogen-bond donors (Lipinski definition) is 1. The van der Waals surface area contributed by atoms with Crippen molar-refractivity contribution in [2.75, 3.05) is 13.2 Å². The highest BCUT2D eigenvalue weighted by Crippen LogP contribution is 2.27. The van der Waals surface area contributed by atoms with Gasteiger partial charge >= 0.3 is 0 Å². The molecule has 0 aliphatic heterocycles. The highest BCUT2D eigenvalue weighted by molar-refractivity contribution is 14.1. The number of ether oxygens (including phenoxy) is 1. The maximum Gasteiger partial charge on any atom is 0.0832 e. The second-order valence-corrected chi connectivity index (χ2v) is 6.39. The highest BCUT2D eigenvalue weighted by Gasteiger charge is 2.35. The molecular formula is C17H28INO. The molecule has 1 unspecified atom stereocenters. The molecule has 0 amide bonds. The van der Waals surface area contributed by atoms with E-state index in [1.807, 2.05) is 0 Å². The van der Waals surface area contributed by atoms with E-state index >= 15 is 0 Å². The Labute approximate surface area is 137 Å². The molecule has 1 aromatic rings. The van der Waals surface area contributed by atoms with Crippen molar-refractivity contribution in [3.05, 3.63) is 33.4 Å². The van der Waals surface area contributed by atoms with E-state index in [2.05, 4.69) is 79.9 Å². The lowest BCUT2D eigenvalue weighted by Gasteiger charge is -2.40. The Kier molecular flexibility index (Phi) is 8.07. The molecule has 0 bridgehead atoms. The number of halogens is 1. The number of hydrogen-bond acceptors (Lipinski definition) is 2. The van der Waals surface area contributed by atoms with Crippen LogP contribution in [0.3, 0.4) is 0 Å². The first-order valence-electron chi connectivity index (χ1n) is 7.73. The van der Waals surface area contributed by atoms with Crippen molar-refractivity contribution in [2.24, 2.45) is 0 Å². The lowest BCUT2D eigenvalue weighted by molar-refractivity contribution is -0.0715. The first-order chi connectivity index (χ1) is 9.61. The predicted molar refractivity (Wildman–Crippen MR) is 95.3 cm³/mol. The molecule has 0 saturated heterocycles. The van der Waals surface area contributed by atoms with Gasteiger partial charge in [0.25, 0.3) is 0 Å². The number of nitrogens with one attached hydrogen (secondary N) is 1. The largest absolute Gasteiger partial charge is 0.374 e. The number of rotatable bonds is 9. The molecule has 1 rings (SSSR count). The molecule has 1 aromatic carbocycles. The van der Waals surface area contributed by atoms with Gasteiger partial charge in [-0.1, -0.05) is 32.9 Å². The summed E-state index contributed by atoms with van der Waals surface area (Å²) in [5.41, 5.74) is 1.32. The van der Waals surface area contributed by atoms with Crippen LogP contribution in [0, 0.1) is 3.57 Å². The van der Waals surface area contributed by atoms with Gasteiger partial charge in [0, 0.05) is 16.2 Å². The zero-order valence-corrected chi connectivity index (χ0v) is 15.4. The third-order valence-corrected chi connectivity index (χ3v) is 4.79. The van der Waals surface area contributed by atoms with Crippen molar-refractivity contribution in [2.45, 2.75) is 58.6 Å². The molecule has 0 aliphatic rings. The molecule has 0 fully saturated rings. The van der Waals surface area contributed by atoms with Crippen molar-refractivity contribution >= 4 is 22.6 Å². The summed E-state index contributed by atoms with van der Waals surface area (Å²) >= 11 is 2.35. The summed E-state index contributed by atoms with van der Waals surface area (Å²) in [5, 5.41) is 3.65. The van der Waals surface area contributed by atoms with Crippen molar-refractivity contribution in [1.29, 1.82) is 0 Å². The molecule has 0 heterocycles. The van der Waals surface area contributed by atoms with Gasteiger partial charge in [0.05, 0.1) is 5.60 Å². The molecule has 0 aliphatic carbocycles. The topological polar surface area (TPSA) is 21.3 Å². The van der Waals surface area contributed by atoms with E-state index < -0.39 is 0 Å². The van der Waals surface area contributed by atoms with E-state index in [0.717, 1.165) is 32.4 Å². The summed E-state index contributed by atoms with van der Waals surface area (Å²) in [6.07, 6.45) is 3.10. The maximum atomic E-state index is 6.17. The lowest BCUT2D eigenvalue weighted by atomic mass is 9.84. The Bertz CT molecular complexity index is 373. The smallest absolute Gasteiger partial charge is 0.0832 e. The summed E-state index contributed by atoms with van der Waals surface area (Å²) in [6.45, 7) is 10.5. The van der Waals surface area contributed by atoms with E-state index in [9.17, 15) is 0 Å². The van der Waals surface area contributed by atoms with Gasteiger partial charge in [-0.25, -0.2) is 0 Å². The van der Waals surface area contributed by atoms with Crippen molar-refractivity contribution in [3.63, 3.8) is 0 Å². The van der Waals surface area contributed by atoms with Crippen LogP contribution in [0.2, 0.25) is 0 Å². The Balaban J connectivity index is 2.93. The summed E-state index contributed by atoms with van der Waals surface area (Å²) in [6, 6.07) is 9.18. The van der Waals surface area contributed by atoms with E-state index in [0.29, 0.717) is 6.04 Å². The zero-order chi connectivity index (χ0) is 15.0. The first kappa shape index (κ1) is 17.9. The molecule has 0 saturated carbocycles. The second kappa shape index (κ2) is 9.00. The quantitative estimate of drug-likeness (QED) is 0.632. The fourth-order valence-electron chi connectivity index (χ4n) is 2.88. The van der Waals surface area contributed by atoms with Crippen LogP contribution in [-0.4, -0.2) is 24.8 Å². The van der Waals surface area contributed by atoms with Gasteiger partial charge in [-0.2, -0.15) is 0 Å². The molecule has 114 valence electrons. The minimum Gasteiger partial charge on any atom is -0.374 e. The number of benzene rings is 1. The molecule has 0 spiro atoms. The van der Waals surface area contributed by atoms with Crippen molar-refractivity contribution in [3.8, 4) is 0 Å². The Hall–Kier alpha value is -0.130. The molecule has 1 N–H and O–H groups in total. The molecule has 2 nitrogen and oxygen atoms in total. The summed E-state index contributed by atoms with van der Waals surface area (Å²) in [4.78, 5) is 0. The fourth-order valence-corrected chi connectivity index (χ4v) is 3.24. The lowest BCUT2D eigenvalue weighted by Crippen LogP contribution is -2.53. The van der Waals surface area contributed by atoms with Gasteiger partial charge in [-0.15, -0.1) is 0 Å². The Morgan fingerprint density at radius 2 is 1.70 bits per heavy atom. The normalized spacial score (nSPS) is 13.4. The van der Waals surface area contributed by atoms with Crippen molar-refractivity contribution < 1.29 is 4.74 Å². The van der Waals surface area contributed by atoms with Crippen molar-refractivity contribution in [1.82, 2.24) is 5.32 Å². The third-order valence-electron chi connectivity index (χ3n) is 4.07. The van der Waals surface area contributed by atoms with Crippen LogP contribution in [-0.2, 0) is 11.2 Å². The van der Waals surface area contributed by atoms with Crippen LogP contribution in [0.5, 0.6) is 0 Å². The second-order valence-electron chi connectivity index (χ2n) is 5.15. The third kappa shape index (κ3) is 4.71. The van der Waals surface area contributed by atoms with Gasteiger partial charge < -0.3 is 10.1 Å². The molecule has 20 heavy (non-hydrogen) atoms. The molecule has 3 heteroatoms. The molecule has 1 atom stereocenters. The SMILES string of the molecule is CCNC(Cc1ccc(I)cc1)C(CC)(CC)OCC. The molecule has 0 radical (unpaired) electrons. The van der Waals surface area contributed by atoms with E-state index in [1.165, 1.54) is 9.13 Å².